The minimum atomic E-state index is -0.512. The number of aryl methyl sites for hydroxylation is 1. The highest BCUT2D eigenvalue weighted by Gasteiger charge is 2.07. The van der Waals surface area contributed by atoms with Crippen molar-refractivity contribution < 1.29 is 19.1 Å². The van der Waals surface area contributed by atoms with Crippen molar-refractivity contribution >= 4 is 28.7 Å². The number of benzene rings is 1. The van der Waals surface area contributed by atoms with Gasteiger partial charge in [0.1, 0.15) is 5.52 Å². The number of carbonyl (C=O) groups excluding carboxylic acids is 2. The van der Waals surface area contributed by atoms with Crippen molar-refractivity contribution in [3.05, 3.63) is 42.8 Å². The van der Waals surface area contributed by atoms with Gasteiger partial charge < -0.3 is 14.4 Å². The zero-order valence-electron chi connectivity index (χ0n) is 13.0. The highest BCUT2D eigenvalue weighted by molar-refractivity contribution is 5.85. The normalized spacial score (nSPS) is 11.3. The van der Waals surface area contributed by atoms with Gasteiger partial charge in [-0.05, 0) is 18.2 Å². The molecule has 0 spiro atoms. The second-order valence-electron chi connectivity index (χ2n) is 4.47. The lowest BCUT2D eigenvalue weighted by atomic mass is 10.2. The summed E-state index contributed by atoms with van der Waals surface area (Å²) < 4.78 is 10.8. The zero-order chi connectivity index (χ0) is 16.8. The van der Waals surface area contributed by atoms with Gasteiger partial charge in [-0.25, -0.2) is 14.3 Å². The molecule has 0 aliphatic heterocycles. The van der Waals surface area contributed by atoms with E-state index in [1.165, 1.54) is 38.8 Å². The smallest absolute Gasteiger partial charge is 0.331 e. The summed E-state index contributed by atoms with van der Waals surface area (Å²) in [5.41, 5.74) is 2.24. The number of anilines is 1. The summed E-state index contributed by atoms with van der Waals surface area (Å²) in [5.74, 6) is -1.02. The van der Waals surface area contributed by atoms with Crippen molar-refractivity contribution in [2.75, 3.05) is 19.1 Å². The lowest BCUT2D eigenvalue weighted by molar-refractivity contribution is -0.135. The quantitative estimate of drug-likeness (QED) is 0.604. The fourth-order valence-corrected chi connectivity index (χ4v) is 1.83. The Balaban J connectivity index is 2.36. The van der Waals surface area contributed by atoms with Crippen LogP contribution in [0.1, 0.15) is 0 Å². The van der Waals surface area contributed by atoms with Crippen LogP contribution in [-0.4, -0.2) is 41.2 Å². The van der Waals surface area contributed by atoms with Gasteiger partial charge in [0.25, 0.3) is 0 Å². The third-order valence-electron chi connectivity index (χ3n) is 3.04. The second kappa shape index (κ2) is 7.21. The number of ether oxygens (including phenoxy) is 2. The molecule has 0 fully saturated rings. The Morgan fingerprint density at radius 1 is 1.13 bits per heavy atom. The monoisotopic (exact) mass is 316 g/mol. The van der Waals surface area contributed by atoms with Gasteiger partial charge in [0.05, 0.1) is 19.7 Å². The third kappa shape index (κ3) is 3.94. The Morgan fingerprint density at radius 2 is 1.74 bits per heavy atom. The van der Waals surface area contributed by atoms with Crippen molar-refractivity contribution in [3.8, 4) is 0 Å². The van der Waals surface area contributed by atoms with Crippen LogP contribution in [0, 0.1) is 0 Å². The molecule has 0 atom stereocenters. The highest BCUT2D eigenvalue weighted by atomic mass is 16.5. The lowest BCUT2D eigenvalue weighted by Crippen LogP contribution is -2.10. The molecular weight excluding hydrogens is 300 g/mol. The standard InChI is InChI=1S/C15H16N4O4/c1-18-13-5-4-11(10-12(13)16-17-18)19(8-6-14(20)22-2)9-7-15(21)23-3/h4-10H,1-3H3/b8-6+,9-7+. The van der Waals surface area contributed by atoms with Gasteiger partial charge in [-0.2, -0.15) is 0 Å². The van der Waals surface area contributed by atoms with Crippen LogP contribution in [0.3, 0.4) is 0 Å². The number of esters is 2. The van der Waals surface area contributed by atoms with Crippen LogP contribution in [-0.2, 0) is 26.1 Å². The van der Waals surface area contributed by atoms with Crippen LogP contribution in [0.15, 0.2) is 42.8 Å². The molecule has 8 nitrogen and oxygen atoms in total. The Bertz CT molecular complexity index is 753. The second-order valence-corrected chi connectivity index (χ2v) is 4.47. The summed E-state index contributed by atoms with van der Waals surface area (Å²) in [6.07, 6.45) is 5.43. The molecule has 0 N–H and O–H groups in total. The topological polar surface area (TPSA) is 86.6 Å². The number of fused-ring (bicyclic) bond motifs is 1. The number of aromatic nitrogens is 3. The molecule has 23 heavy (non-hydrogen) atoms. The molecule has 0 amide bonds. The van der Waals surface area contributed by atoms with Crippen LogP contribution in [0.2, 0.25) is 0 Å². The van der Waals surface area contributed by atoms with Crippen molar-refractivity contribution in [3.63, 3.8) is 0 Å². The van der Waals surface area contributed by atoms with Gasteiger partial charge in [-0.15, -0.1) is 5.10 Å². The van der Waals surface area contributed by atoms with E-state index in [1.54, 1.807) is 22.7 Å². The molecule has 2 aromatic rings. The first-order valence-corrected chi connectivity index (χ1v) is 6.65. The number of nitrogens with zero attached hydrogens (tertiary/aromatic N) is 4. The summed E-state index contributed by atoms with van der Waals surface area (Å²) in [4.78, 5) is 24.1. The van der Waals surface area contributed by atoms with E-state index in [1.807, 2.05) is 12.1 Å². The number of hydrogen-bond acceptors (Lipinski definition) is 7. The minimum absolute atomic E-state index is 0.512. The van der Waals surface area contributed by atoms with Gasteiger partial charge >= 0.3 is 11.9 Å². The zero-order valence-corrected chi connectivity index (χ0v) is 13.0. The molecule has 0 unspecified atom stereocenters. The average molecular weight is 316 g/mol. The Morgan fingerprint density at radius 3 is 2.30 bits per heavy atom. The summed E-state index contributed by atoms with van der Waals surface area (Å²) in [7, 11) is 4.36. The van der Waals surface area contributed by atoms with E-state index in [4.69, 9.17) is 0 Å². The van der Waals surface area contributed by atoms with Crippen LogP contribution >= 0.6 is 0 Å². The van der Waals surface area contributed by atoms with E-state index in [-0.39, 0.29) is 0 Å². The number of hydrogen-bond donors (Lipinski definition) is 0. The van der Waals surface area contributed by atoms with Gasteiger partial charge in [0.2, 0.25) is 0 Å². The summed E-state index contributed by atoms with van der Waals surface area (Å²) in [5, 5.41) is 7.97. The van der Waals surface area contributed by atoms with Gasteiger partial charge in [-0.1, -0.05) is 5.21 Å². The third-order valence-corrected chi connectivity index (χ3v) is 3.04. The molecule has 0 bridgehead atoms. The van der Waals surface area contributed by atoms with E-state index < -0.39 is 11.9 Å². The number of rotatable bonds is 5. The van der Waals surface area contributed by atoms with Crippen LogP contribution < -0.4 is 4.90 Å². The Kier molecular flexibility index (Phi) is 5.08. The molecule has 0 radical (unpaired) electrons. The summed E-state index contributed by atoms with van der Waals surface area (Å²) in [6, 6.07) is 5.44. The van der Waals surface area contributed by atoms with Crippen molar-refractivity contribution in [2.45, 2.75) is 0 Å². The molecule has 0 aliphatic carbocycles. The van der Waals surface area contributed by atoms with Gasteiger partial charge in [-0.3, -0.25) is 0 Å². The van der Waals surface area contributed by atoms with E-state index in [0.29, 0.717) is 11.2 Å². The maximum absolute atomic E-state index is 11.3. The average Bonchev–Trinajstić information content (AvgIpc) is 2.94. The molecule has 1 heterocycles. The molecule has 8 heteroatoms. The SMILES string of the molecule is COC(=O)/C=C/N(/C=C/C(=O)OC)c1ccc2c(c1)nnn2C. The number of methoxy groups -OCH3 is 2. The molecule has 2 rings (SSSR count). The van der Waals surface area contributed by atoms with Crippen LogP contribution in [0.4, 0.5) is 5.69 Å². The maximum atomic E-state index is 11.3. The molecule has 0 saturated heterocycles. The molecule has 0 saturated carbocycles. The van der Waals surface area contributed by atoms with Crippen molar-refractivity contribution in [2.24, 2.45) is 7.05 Å². The van der Waals surface area contributed by atoms with Gasteiger partial charge in [0, 0.05) is 37.3 Å². The molecule has 1 aromatic heterocycles. The molecule has 1 aromatic carbocycles. The fraction of sp³-hybridized carbons (Fsp3) is 0.200. The van der Waals surface area contributed by atoms with E-state index >= 15 is 0 Å². The predicted octanol–water partition coefficient (Wildman–Crippen LogP) is 1.15. The molecule has 0 aliphatic rings. The Hall–Kier alpha value is -3.16. The first kappa shape index (κ1) is 16.2. The first-order chi connectivity index (χ1) is 11.0. The molecule has 120 valence electrons. The lowest BCUT2D eigenvalue weighted by Gasteiger charge is -2.15. The predicted molar refractivity (Wildman–Crippen MR) is 83.3 cm³/mol. The maximum Gasteiger partial charge on any atom is 0.331 e. The van der Waals surface area contributed by atoms with Gasteiger partial charge in [0.15, 0.2) is 0 Å². The van der Waals surface area contributed by atoms with E-state index in [9.17, 15) is 9.59 Å². The van der Waals surface area contributed by atoms with Crippen molar-refractivity contribution in [1.29, 1.82) is 0 Å². The highest BCUT2D eigenvalue weighted by Crippen LogP contribution is 2.21. The summed E-state index contributed by atoms with van der Waals surface area (Å²) >= 11 is 0. The largest absolute Gasteiger partial charge is 0.466 e. The van der Waals surface area contributed by atoms with E-state index in [0.717, 1.165) is 5.52 Å². The Labute approximate surface area is 132 Å². The fourth-order valence-electron chi connectivity index (χ4n) is 1.83. The van der Waals surface area contributed by atoms with E-state index in [2.05, 4.69) is 19.8 Å². The number of carbonyl (C=O) groups is 2. The summed E-state index contributed by atoms with van der Waals surface area (Å²) in [6.45, 7) is 0. The first-order valence-electron chi connectivity index (χ1n) is 6.65. The van der Waals surface area contributed by atoms with Crippen LogP contribution in [0.5, 0.6) is 0 Å². The molecular formula is C15H16N4O4. The van der Waals surface area contributed by atoms with Crippen LogP contribution in [0.25, 0.3) is 11.0 Å². The minimum Gasteiger partial charge on any atom is -0.466 e. The van der Waals surface area contributed by atoms with Crippen molar-refractivity contribution in [1.82, 2.24) is 15.0 Å².